The lowest BCUT2D eigenvalue weighted by atomic mass is 10.1. The minimum atomic E-state index is -2.68. The molecule has 74 valence electrons. The fraction of sp³-hybridized carbons (Fsp3) is 0.333. The molecule has 14 heavy (non-hydrogen) atoms. The first-order valence-corrected chi connectivity index (χ1v) is 4.38. The van der Waals surface area contributed by atoms with Crippen LogP contribution in [0.2, 0.25) is 0 Å². The third-order valence-corrected chi connectivity index (χ3v) is 2.16. The van der Waals surface area contributed by atoms with Crippen LogP contribution in [0.25, 0.3) is 0 Å². The number of alkyl halides is 3. The van der Waals surface area contributed by atoms with E-state index in [0.29, 0.717) is 11.1 Å². The van der Waals surface area contributed by atoms with Crippen LogP contribution in [0, 0.1) is 18.3 Å². The second-order valence-corrected chi connectivity index (χ2v) is 2.99. The number of rotatable bonds is 2. The fourth-order valence-corrected chi connectivity index (χ4v) is 1.32. The molecule has 0 amide bonds. The van der Waals surface area contributed by atoms with E-state index in [-0.39, 0.29) is 11.6 Å². The highest BCUT2D eigenvalue weighted by Crippen LogP contribution is 2.22. The average Bonchev–Trinajstić information content (AvgIpc) is 2.17. The predicted octanol–water partition coefficient (Wildman–Crippen LogP) is 2.94. The van der Waals surface area contributed by atoms with Crippen molar-refractivity contribution in [3.05, 3.63) is 28.6 Å². The summed E-state index contributed by atoms with van der Waals surface area (Å²) in [6.07, 6.45) is -2.68. The Balaban J connectivity index is 3.34. The van der Waals surface area contributed by atoms with Crippen LogP contribution in [0.5, 0.6) is 0 Å². The Morgan fingerprint density at radius 2 is 2.29 bits per heavy atom. The molecule has 0 aliphatic rings. The Labute approximate surface area is 85.1 Å². The first-order chi connectivity index (χ1) is 6.60. The number of hydrogen-bond donors (Lipinski definition) is 0. The molecule has 0 aliphatic heterocycles. The van der Waals surface area contributed by atoms with Crippen LogP contribution in [0.15, 0.2) is 6.07 Å². The number of pyridine rings is 1. The number of hydrogen-bond acceptors (Lipinski definition) is 2. The van der Waals surface area contributed by atoms with E-state index in [0.717, 1.165) is 0 Å². The maximum atomic E-state index is 12.3. The Morgan fingerprint density at radius 3 is 2.71 bits per heavy atom. The molecular formula is C9H7ClF2N2. The number of halogens is 3. The second-order valence-electron chi connectivity index (χ2n) is 2.73. The van der Waals surface area contributed by atoms with Gasteiger partial charge in [0, 0.05) is 5.88 Å². The molecule has 0 atom stereocenters. The van der Waals surface area contributed by atoms with Crippen molar-refractivity contribution in [2.75, 3.05) is 0 Å². The topological polar surface area (TPSA) is 36.7 Å². The van der Waals surface area contributed by atoms with E-state index in [1.807, 2.05) is 0 Å². The maximum absolute atomic E-state index is 12.3. The van der Waals surface area contributed by atoms with E-state index in [2.05, 4.69) is 4.98 Å². The van der Waals surface area contributed by atoms with Crippen LogP contribution in [-0.2, 0) is 5.88 Å². The number of nitrogens with zero attached hydrogens (tertiary/aromatic N) is 2. The molecule has 2 nitrogen and oxygen atoms in total. The normalized spacial score (nSPS) is 10.3. The van der Waals surface area contributed by atoms with Gasteiger partial charge in [0.25, 0.3) is 6.43 Å². The van der Waals surface area contributed by atoms with E-state index >= 15 is 0 Å². The van der Waals surface area contributed by atoms with E-state index in [1.54, 1.807) is 13.0 Å². The molecule has 0 spiro atoms. The van der Waals surface area contributed by atoms with Crippen LogP contribution in [0.4, 0.5) is 8.78 Å². The van der Waals surface area contributed by atoms with Crippen molar-refractivity contribution in [1.29, 1.82) is 5.26 Å². The van der Waals surface area contributed by atoms with Crippen LogP contribution in [0.1, 0.15) is 28.9 Å². The summed E-state index contributed by atoms with van der Waals surface area (Å²) >= 11 is 5.56. The Morgan fingerprint density at radius 1 is 1.64 bits per heavy atom. The lowest BCUT2D eigenvalue weighted by molar-refractivity contribution is 0.146. The standard InChI is InChI=1S/C9H7ClF2N2/c1-5-6(3-10)2-7(9(11)12)14-8(5)4-13/h2,9H,3H2,1H3. The van der Waals surface area contributed by atoms with Gasteiger partial charge in [0.05, 0.1) is 0 Å². The van der Waals surface area contributed by atoms with Gasteiger partial charge in [-0.2, -0.15) is 5.26 Å². The van der Waals surface area contributed by atoms with Crippen LogP contribution >= 0.6 is 11.6 Å². The molecule has 0 aliphatic carbocycles. The van der Waals surface area contributed by atoms with Gasteiger partial charge in [0.2, 0.25) is 0 Å². The average molecular weight is 217 g/mol. The SMILES string of the molecule is Cc1c(CCl)cc(C(F)F)nc1C#N. The lowest BCUT2D eigenvalue weighted by Crippen LogP contribution is -2.00. The summed E-state index contributed by atoms with van der Waals surface area (Å²) in [5.74, 6) is 0.1000. The molecule has 5 heteroatoms. The molecule has 0 unspecified atom stereocenters. The smallest absolute Gasteiger partial charge is 0.236 e. The quantitative estimate of drug-likeness (QED) is 0.713. The zero-order valence-corrected chi connectivity index (χ0v) is 8.15. The molecule has 1 rings (SSSR count). The minimum absolute atomic E-state index is 0.0125. The van der Waals surface area contributed by atoms with Crippen molar-refractivity contribution in [2.45, 2.75) is 19.2 Å². The first kappa shape index (κ1) is 10.9. The van der Waals surface area contributed by atoms with Crippen LogP contribution in [0.3, 0.4) is 0 Å². The Bertz CT molecular complexity index is 385. The van der Waals surface area contributed by atoms with Crippen molar-refractivity contribution < 1.29 is 8.78 Å². The highest BCUT2D eigenvalue weighted by molar-refractivity contribution is 6.17. The van der Waals surface area contributed by atoms with Crippen LogP contribution < -0.4 is 0 Å². The van der Waals surface area contributed by atoms with Gasteiger partial charge in [-0.25, -0.2) is 13.8 Å². The Hall–Kier alpha value is -1.21. The minimum Gasteiger partial charge on any atom is -0.236 e. The van der Waals surface area contributed by atoms with Gasteiger partial charge in [0.15, 0.2) is 0 Å². The summed E-state index contributed by atoms with van der Waals surface area (Å²) in [5, 5.41) is 8.64. The maximum Gasteiger partial charge on any atom is 0.280 e. The van der Waals surface area contributed by atoms with E-state index in [1.165, 1.54) is 6.07 Å². The molecule has 0 fully saturated rings. The molecule has 1 heterocycles. The lowest BCUT2D eigenvalue weighted by Gasteiger charge is -2.06. The fourth-order valence-electron chi connectivity index (χ4n) is 1.04. The Kier molecular flexibility index (Phi) is 3.37. The molecule has 1 aromatic rings. The number of nitriles is 1. The van der Waals surface area contributed by atoms with Crippen molar-refractivity contribution >= 4 is 11.6 Å². The van der Waals surface area contributed by atoms with Gasteiger partial charge in [0.1, 0.15) is 17.5 Å². The van der Waals surface area contributed by atoms with Crippen molar-refractivity contribution in [2.24, 2.45) is 0 Å². The van der Waals surface area contributed by atoms with E-state index in [4.69, 9.17) is 16.9 Å². The highest BCUT2D eigenvalue weighted by Gasteiger charge is 2.14. The van der Waals surface area contributed by atoms with Crippen molar-refractivity contribution in [3.63, 3.8) is 0 Å². The molecule has 0 bridgehead atoms. The molecule has 0 aromatic carbocycles. The largest absolute Gasteiger partial charge is 0.280 e. The van der Waals surface area contributed by atoms with Gasteiger partial charge in [-0.15, -0.1) is 11.6 Å². The van der Waals surface area contributed by atoms with Gasteiger partial charge >= 0.3 is 0 Å². The van der Waals surface area contributed by atoms with Crippen LogP contribution in [-0.4, -0.2) is 4.98 Å². The molecule has 0 radical (unpaired) electrons. The van der Waals surface area contributed by atoms with Gasteiger partial charge < -0.3 is 0 Å². The molecular weight excluding hydrogens is 210 g/mol. The summed E-state index contributed by atoms with van der Waals surface area (Å²) < 4.78 is 24.6. The van der Waals surface area contributed by atoms with Crippen molar-refractivity contribution in [1.82, 2.24) is 4.98 Å². The molecule has 1 aromatic heterocycles. The third kappa shape index (κ3) is 1.99. The number of aromatic nitrogens is 1. The zero-order valence-electron chi connectivity index (χ0n) is 7.39. The van der Waals surface area contributed by atoms with E-state index in [9.17, 15) is 8.78 Å². The predicted molar refractivity (Wildman–Crippen MR) is 48.2 cm³/mol. The first-order valence-electron chi connectivity index (χ1n) is 3.84. The summed E-state index contributed by atoms with van der Waals surface area (Å²) in [6, 6.07) is 2.99. The third-order valence-electron chi connectivity index (χ3n) is 1.87. The summed E-state index contributed by atoms with van der Waals surface area (Å²) in [5.41, 5.74) is 0.696. The van der Waals surface area contributed by atoms with Crippen molar-refractivity contribution in [3.8, 4) is 6.07 Å². The second kappa shape index (κ2) is 4.34. The van der Waals surface area contributed by atoms with Gasteiger partial charge in [-0.05, 0) is 24.1 Å². The van der Waals surface area contributed by atoms with Gasteiger partial charge in [-0.1, -0.05) is 0 Å². The molecule has 0 saturated heterocycles. The molecule has 0 N–H and O–H groups in total. The molecule has 0 saturated carbocycles. The van der Waals surface area contributed by atoms with Gasteiger partial charge in [-0.3, -0.25) is 0 Å². The summed E-state index contributed by atoms with van der Waals surface area (Å²) in [7, 11) is 0. The zero-order chi connectivity index (χ0) is 10.7. The summed E-state index contributed by atoms with van der Waals surface area (Å²) in [4.78, 5) is 3.53. The summed E-state index contributed by atoms with van der Waals surface area (Å²) in [6.45, 7) is 1.64. The highest BCUT2D eigenvalue weighted by atomic mass is 35.5. The monoisotopic (exact) mass is 216 g/mol. The van der Waals surface area contributed by atoms with E-state index < -0.39 is 12.1 Å².